The summed E-state index contributed by atoms with van der Waals surface area (Å²) >= 11 is 3.44. The fourth-order valence-electron chi connectivity index (χ4n) is 1.07. The quantitative estimate of drug-likeness (QED) is 0.867. The van der Waals surface area contributed by atoms with Crippen LogP contribution in [0.25, 0.3) is 0 Å². The van der Waals surface area contributed by atoms with E-state index in [1.807, 2.05) is 7.05 Å². The molecular formula is C8H14BrN3O. The molecule has 0 aromatic carbocycles. The molecule has 0 aliphatic heterocycles. The zero-order valence-corrected chi connectivity index (χ0v) is 9.47. The van der Waals surface area contributed by atoms with Crippen LogP contribution >= 0.6 is 15.9 Å². The Bertz CT molecular complexity index is 285. The molecule has 1 heterocycles. The Morgan fingerprint density at radius 1 is 1.62 bits per heavy atom. The minimum atomic E-state index is 0.513. The minimum absolute atomic E-state index is 0.513. The van der Waals surface area contributed by atoms with Gasteiger partial charge in [-0.05, 0) is 22.4 Å². The van der Waals surface area contributed by atoms with Gasteiger partial charge in [-0.3, -0.25) is 0 Å². The highest BCUT2D eigenvalue weighted by Gasteiger charge is 2.12. The summed E-state index contributed by atoms with van der Waals surface area (Å²) in [5, 5.41) is 4.29. The lowest BCUT2D eigenvalue weighted by atomic mass is 10.3. The van der Waals surface area contributed by atoms with Gasteiger partial charge in [0.25, 0.3) is 0 Å². The van der Waals surface area contributed by atoms with Crippen molar-refractivity contribution in [1.82, 2.24) is 9.78 Å². The highest BCUT2D eigenvalue weighted by atomic mass is 79.9. The molecule has 5 heteroatoms. The second-order valence-corrected chi connectivity index (χ2v) is 3.47. The van der Waals surface area contributed by atoms with E-state index in [-0.39, 0.29) is 0 Å². The Balaban J connectivity index is 2.85. The number of aryl methyl sites for hydroxylation is 2. The molecule has 13 heavy (non-hydrogen) atoms. The summed E-state index contributed by atoms with van der Waals surface area (Å²) in [4.78, 5) is 0. The number of rotatable bonds is 4. The predicted octanol–water partition coefficient (Wildman–Crippen LogP) is 1.08. The predicted molar refractivity (Wildman–Crippen MR) is 54.8 cm³/mol. The van der Waals surface area contributed by atoms with Crippen molar-refractivity contribution in [2.75, 3.05) is 13.2 Å². The zero-order chi connectivity index (χ0) is 9.84. The van der Waals surface area contributed by atoms with Gasteiger partial charge in [0, 0.05) is 13.6 Å². The normalized spacial score (nSPS) is 10.5. The third-order valence-corrected chi connectivity index (χ3v) is 2.49. The van der Waals surface area contributed by atoms with E-state index in [1.165, 1.54) is 0 Å². The van der Waals surface area contributed by atoms with Crippen LogP contribution in [-0.4, -0.2) is 22.9 Å². The van der Waals surface area contributed by atoms with Gasteiger partial charge in [0.2, 0.25) is 5.88 Å². The van der Waals surface area contributed by atoms with Gasteiger partial charge < -0.3 is 10.5 Å². The Hall–Kier alpha value is -0.550. The Kier molecular flexibility index (Phi) is 3.74. The van der Waals surface area contributed by atoms with Crippen LogP contribution in [0.1, 0.15) is 12.6 Å². The summed E-state index contributed by atoms with van der Waals surface area (Å²) in [5.74, 6) is 0.752. The maximum absolute atomic E-state index is 5.43. The van der Waals surface area contributed by atoms with E-state index >= 15 is 0 Å². The highest BCUT2D eigenvalue weighted by Crippen LogP contribution is 2.28. The van der Waals surface area contributed by atoms with E-state index < -0.39 is 0 Å². The second kappa shape index (κ2) is 4.62. The summed E-state index contributed by atoms with van der Waals surface area (Å²) in [5.41, 5.74) is 6.35. The van der Waals surface area contributed by atoms with Crippen LogP contribution in [0.3, 0.4) is 0 Å². The summed E-state index contributed by atoms with van der Waals surface area (Å²) in [7, 11) is 1.86. The van der Waals surface area contributed by atoms with Gasteiger partial charge in [0.1, 0.15) is 11.1 Å². The highest BCUT2D eigenvalue weighted by molar-refractivity contribution is 9.10. The van der Waals surface area contributed by atoms with Crippen molar-refractivity contribution < 1.29 is 4.74 Å². The number of halogens is 1. The monoisotopic (exact) mass is 247 g/mol. The topological polar surface area (TPSA) is 53.1 Å². The lowest BCUT2D eigenvalue weighted by Crippen LogP contribution is -2.12. The SMILES string of the molecule is CCc1nn(C)c(OCCN)c1Br. The summed E-state index contributed by atoms with van der Waals surface area (Å²) in [6.45, 7) is 3.08. The molecule has 0 aliphatic rings. The molecule has 2 N–H and O–H groups in total. The Morgan fingerprint density at radius 3 is 2.77 bits per heavy atom. The van der Waals surface area contributed by atoms with Crippen LogP contribution in [-0.2, 0) is 13.5 Å². The number of ether oxygens (including phenoxy) is 1. The van der Waals surface area contributed by atoms with Crippen LogP contribution in [0.5, 0.6) is 5.88 Å². The molecule has 1 aromatic rings. The first-order valence-electron chi connectivity index (χ1n) is 4.25. The molecule has 0 saturated carbocycles. The van der Waals surface area contributed by atoms with Crippen molar-refractivity contribution in [2.24, 2.45) is 12.8 Å². The van der Waals surface area contributed by atoms with E-state index in [1.54, 1.807) is 4.68 Å². The molecule has 4 nitrogen and oxygen atoms in total. The van der Waals surface area contributed by atoms with Crippen molar-refractivity contribution in [1.29, 1.82) is 0 Å². The second-order valence-electron chi connectivity index (χ2n) is 2.68. The van der Waals surface area contributed by atoms with Gasteiger partial charge in [-0.15, -0.1) is 0 Å². The first kappa shape index (κ1) is 10.5. The molecule has 1 aromatic heterocycles. The van der Waals surface area contributed by atoms with Crippen molar-refractivity contribution in [2.45, 2.75) is 13.3 Å². The van der Waals surface area contributed by atoms with Gasteiger partial charge >= 0.3 is 0 Å². The molecule has 0 fully saturated rings. The van der Waals surface area contributed by atoms with Crippen LogP contribution < -0.4 is 10.5 Å². The van der Waals surface area contributed by atoms with Crippen molar-refractivity contribution >= 4 is 15.9 Å². The van der Waals surface area contributed by atoms with Gasteiger partial charge in [0.15, 0.2) is 0 Å². The largest absolute Gasteiger partial charge is 0.476 e. The minimum Gasteiger partial charge on any atom is -0.476 e. The van der Waals surface area contributed by atoms with E-state index in [0.717, 1.165) is 22.5 Å². The Labute approximate surface area is 86.2 Å². The average molecular weight is 248 g/mol. The first-order valence-corrected chi connectivity index (χ1v) is 5.04. The van der Waals surface area contributed by atoms with E-state index in [0.29, 0.717) is 13.2 Å². The number of nitrogens with zero attached hydrogens (tertiary/aromatic N) is 2. The average Bonchev–Trinajstić information content (AvgIpc) is 2.39. The number of nitrogens with two attached hydrogens (primary N) is 1. The molecule has 0 aliphatic carbocycles. The fraction of sp³-hybridized carbons (Fsp3) is 0.625. The van der Waals surface area contributed by atoms with E-state index in [4.69, 9.17) is 10.5 Å². The molecular weight excluding hydrogens is 234 g/mol. The van der Waals surface area contributed by atoms with Gasteiger partial charge in [-0.2, -0.15) is 5.10 Å². The van der Waals surface area contributed by atoms with E-state index in [2.05, 4.69) is 28.0 Å². The molecule has 0 radical (unpaired) electrons. The van der Waals surface area contributed by atoms with Gasteiger partial charge in [0.05, 0.1) is 5.69 Å². The molecule has 0 atom stereocenters. The molecule has 0 saturated heterocycles. The standard InChI is InChI=1S/C8H14BrN3O/c1-3-6-7(9)8(12(2)11-6)13-5-4-10/h3-5,10H2,1-2H3. The number of hydrogen-bond donors (Lipinski definition) is 1. The molecule has 0 unspecified atom stereocenters. The smallest absolute Gasteiger partial charge is 0.226 e. The molecule has 0 spiro atoms. The van der Waals surface area contributed by atoms with Crippen molar-refractivity contribution in [3.8, 4) is 5.88 Å². The molecule has 1 rings (SSSR count). The van der Waals surface area contributed by atoms with Crippen LogP contribution in [0.4, 0.5) is 0 Å². The maximum atomic E-state index is 5.43. The van der Waals surface area contributed by atoms with Crippen LogP contribution in [0.2, 0.25) is 0 Å². The Morgan fingerprint density at radius 2 is 2.31 bits per heavy atom. The van der Waals surface area contributed by atoms with Crippen LogP contribution in [0.15, 0.2) is 4.47 Å². The first-order chi connectivity index (χ1) is 6.20. The zero-order valence-electron chi connectivity index (χ0n) is 7.88. The van der Waals surface area contributed by atoms with Gasteiger partial charge in [-0.25, -0.2) is 4.68 Å². The summed E-state index contributed by atoms with van der Waals surface area (Å²) in [6, 6.07) is 0. The number of hydrogen-bond acceptors (Lipinski definition) is 3. The fourth-order valence-corrected chi connectivity index (χ4v) is 1.80. The summed E-state index contributed by atoms with van der Waals surface area (Å²) < 4.78 is 8.08. The molecule has 0 bridgehead atoms. The van der Waals surface area contributed by atoms with Crippen molar-refractivity contribution in [3.63, 3.8) is 0 Å². The maximum Gasteiger partial charge on any atom is 0.226 e. The molecule has 0 amide bonds. The third kappa shape index (κ3) is 2.22. The van der Waals surface area contributed by atoms with Crippen LogP contribution in [0, 0.1) is 0 Å². The lowest BCUT2D eigenvalue weighted by molar-refractivity contribution is 0.297. The van der Waals surface area contributed by atoms with E-state index in [9.17, 15) is 0 Å². The van der Waals surface area contributed by atoms with Crippen molar-refractivity contribution in [3.05, 3.63) is 10.2 Å². The third-order valence-electron chi connectivity index (χ3n) is 1.70. The molecule has 74 valence electrons. The number of aromatic nitrogens is 2. The summed E-state index contributed by atoms with van der Waals surface area (Å²) in [6.07, 6.45) is 0.889. The van der Waals surface area contributed by atoms with Gasteiger partial charge in [-0.1, -0.05) is 6.92 Å². The lowest BCUT2D eigenvalue weighted by Gasteiger charge is -2.04.